The van der Waals surface area contributed by atoms with E-state index >= 15 is 0 Å². The number of carbonyl (C=O) groups is 1. The first-order chi connectivity index (χ1) is 11.5. The molecule has 0 spiro atoms. The molecule has 0 aliphatic heterocycles. The van der Waals surface area contributed by atoms with Gasteiger partial charge >= 0.3 is 0 Å². The second-order valence-corrected chi connectivity index (χ2v) is 6.74. The molecule has 2 N–H and O–H groups in total. The number of carbonyl (C=O) groups excluding carboxylic acids is 1. The van der Waals surface area contributed by atoms with Crippen LogP contribution in [-0.2, 0) is 17.8 Å². The van der Waals surface area contributed by atoms with Crippen LogP contribution < -0.4 is 15.0 Å². The van der Waals surface area contributed by atoms with Crippen molar-refractivity contribution >= 4 is 27.5 Å². The van der Waals surface area contributed by atoms with E-state index in [0.29, 0.717) is 13.1 Å². The highest BCUT2D eigenvalue weighted by Crippen LogP contribution is 2.22. The van der Waals surface area contributed by atoms with Crippen LogP contribution in [0.1, 0.15) is 18.1 Å². The van der Waals surface area contributed by atoms with Gasteiger partial charge in [-0.15, -0.1) is 0 Å². The third-order valence-electron chi connectivity index (χ3n) is 3.87. The zero-order valence-electron chi connectivity index (χ0n) is 14.4. The van der Waals surface area contributed by atoms with Crippen molar-refractivity contribution in [3.05, 3.63) is 58.1 Å². The number of anilines is 1. The van der Waals surface area contributed by atoms with E-state index < -0.39 is 0 Å². The summed E-state index contributed by atoms with van der Waals surface area (Å²) in [5, 5.41) is 3.02. The van der Waals surface area contributed by atoms with Gasteiger partial charge in [-0.05, 0) is 36.2 Å². The van der Waals surface area contributed by atoms with Crippen LogP contribution in [0.3, 0.4) is 0 Å². The predicted molar refractivity (Wildman–Crippen MR) is 101 cm³/mol. The molecule has 128 valence electrons. The highest BCUT2D eigenvalue weighted by Gasteiger charge is 2.14. The minimum Gasteiger partial charge on any atom is -0.496 e. The van der Waals surface area contributed by atoms with Crippen molar-refractivity contribution in [3.63, 3.8) is 0 Å². The number of nitrogens with one attached hydrogen (secondary N) is 2. The molecular weight excluding hydrogens is 368 g/mol. The average molecular weight is 392 g/mol. The Balaban J connectivity index is 1.98. The fourth-order valence-corrected chi connectivity index (χ4v) is 3.10. The fraction of sp³-hybridized carbons (Fsp3) is 0.316. The third-order valence-corrected chi connectivity index (χ3v) is 4.36. The van der Waals surface area contributed by atoms with E-state index in [4.69, 9.17) is 4.74 Å². The van der Waals surface area contributed by atoms with Crippen LogP contribution in [0, 0.1) is 0 Å². The number of ether oxygens (including phenoxy) is 1. The zero-order valence-corrected chi connectivity index (χ0v) is 15.9. The smallest absolute Gasteiger partial charge is 0.279 e. The van der Waals surface area contributed by atoms with Gasteiger partial charge in [-0.1, -0.05) is 41.1 Å². The lowest BCUT2D eigenvalue weighted by Crippen LogP contribution is -3.08. The lowest BCUT2D eigenvalue weighted by molar-refractivity contribution is -0.885. The van der Waals surface area contributed by atoms with Crippen LogP contribution in [-0.4, -0.2) is 26.6 Å². The van der Waals surface area contributed by atoms with Gasteiger partial charge in [-0.3, -0.25) is 4.79 Å². The first-order valence-electron chi connectivity index (χ1n) is 8.05. The van der Waals surface area contributed by atoms with Crippen molar-refractivity contribution < 1.29 is 14.4 Å². The molecule has 0 fully saturated rings. The molecule has 5 heteroatoms. The van der Waals surface area contributed by atoms with E-state index in [1.54, 1.807) is 7.11 Å². The second kappa shape index (κ2) is 8.85. The van der Waals surface area contributed by atoms with Crippen molar-refractivity contribution in [2.75, 3.05) is 26.0 Å². The summed E-state index contributed by atoms with van der Waals surface area (Å²) in [5.74, 6) is 0.858. The van der Waals surface area contributed by atoms with Crippen LogP contribution in [0.2, 0.25) is 0 Å². The van der Waals surface area contributed by atoms with Crippen molar-refractivity contribution in [1.82, 2.24) is 0 Å². The summed E-state index contributed by atoms with van der Waals surface area (Å²) in [6.45, 7) is 3.20. The molecule has 0 heterocycles. The van der Waals surface area contributed by atoms with Gasteiger partial charge in [-0.2, -0.15) is 0 Å². The Bertz CT molecular complexity index is 704. The second-order valence-electron chi connectivity index (χ2n) is 5.83. The predicted octanol–water partition coefficient (Wildman–Crippen LogP) is 2.67. The summed E-state index contributed by atoms with van der Waals surface area (Å²) in [6, 6.07) is 13.8. The normalized spacial score (nSPS) is 11.8. The number of quaternary nitrogens is 1. The van der Waals surface area contributed by atoms with E-state index in [1.165, 1.54) is 0 Å². The molecule has 0 saturated heterocycles. The lowest BCUT2D eigenvalue weighted by atomic mass is 10.1. The first-order valence-corrected chi connectivity index (χ1v) is 8.84. The van der Waals surface area contributed by atoms with Gasteiger partial charge in [0.15, 0.2) is 6.54 Å². The monoisotopic (exact) mass is 391 g/mol. The topological polar surface area (TPSA) is 42.8 Å². The van der Waals surface area contributed by atoms with Crippen molar-refractivity contribution in [2.45, 2.75) is 19.9 Å². The fourth-order valence-electron chi connectivity index (χ4n) is 2.69. The van der Waals surface area contributed by atoms with E-state index in [-0.39, 0.29) is 5.91 Å². The molecule has 2 rings (SSSR count). The average Bonchev–Trinajstić information content (AvgIpc) is 2.55. The minimum absolute atomic E-state index is 0.0161. The maximum absolute atomic E-state index is 12.3. The molecular formula is C19H24BrN2O2+. The third kappa shape index (κ3) is 5.08. The molecule has 2 aromatic carbocycles. The van der Waals surface area contributed by atoms with Gasteiger partial charge in [0.1, 0.15) is 12.3 Å². The van der Waals surface area contributed by atoms with E-state index in [0.717, 1.165) is 38.4 Å². The van der Waals surface area contributed by atoms with Gasteiger partial charge < -0.3 is 15.0 Å². The SMILES string of the molecule is CCc1ccccc1NC(=O)C[NH+](C)Cc1cc(Br)ccc1OC. The first kappa shape index (κ1) is 18.5. The molecule has 1 atom stereocenters. The number of halogens is 1. The number of aryl methyl sites for hydroxylation is 1. The maximum atomic E-state index is 12.3. The molecule has 0 saturated carbocycles. The van der Waals surface area contributed by atoms with Gasteiger partial charge in [0, 0.05) is 15.7 Å². The van der Waals surface area contributed by atoms with E-state index in [1.807, 2.05) is 49.5 Å². The van der Waals surface area contributed by atoms with Crippen molar-refractivity contribution in [3.8, 4) is 5.75 Å². The van der Waals surface area contributed by atoms with Crippen molar-refractivity contribution in [2.24, 2.45) is 0 Å². The molecule has 0 aliphatic carbocycles. The zero-order chi connectivity index (χ0) is 17.5. The number of amides is 1. The Morgan fingerprint density at radius 2 is 1.96 bits per heavy atom. The highest BCUT2D eigenvalue weighted by atomic mass is 79.9. The molecule has 0 aliphatic rings. The number of benzene rings is 2. The number of likely N-dealkylation sites (N-methyl/N-ethyl adjacent to an activating group) is 1. The quantitative estimate of drug-likeness (QED) is 0.761. The number of hydrogen-bond donors (Lipinski definition) is 2. The minimum atomic E-state index is 0.0161. The summed E-state index contributed by atoms with van der Waals surface area (Å²) in [6.07, 6.45) is 0.897. The highest BCUT2D eigenvalue weighted by molar-refractivity contribution is 9.10. The largest absolute Gasteiger partial charge is 0.496 e. The summed E-state index contributed by atoms with van der Waals surface area (Å²) in [7, 11) is 3.67. The Morgan fingerprint density at radius 3 is 2.67 bits per heavy atom. The molecule has 1 unspecified atom stereocenters. The number of hydrogen-bond acceptors (Lipinski definition) is 2. The van der Waals surface area contributed by atoms with Crippen LogP contribution in [0.25, 0.3) is 0 Å². The van der Waals surface area contributed by atoms with Gasteiger partial charge in [0.05, 0.1) is 14.2 Å². The van der Waals surface area contributed by atoms with E-state index in [2.05, 4.69) is 28.2 Å². The summed E-state index contributed by atoms with van der Waals surface area (Å²) >= 11 is 3.48. The molecule has 0 aromatic heterocycles. The standard InChI is InChI=1S/C19H23BrN2O2/c1-4-14-7-5-6-8-17(14)21-19(23)13-22(2)12-15-11-16(20)9-10-18(15)24-3/h5-11H,4,12-13H2,1-3H3,(H,21,23)/p+1. The van der Waals surface area contributed by atoms with Crippen LogP contribution in [0.5, 0.6) is 5.75 Å². The van der Waals surface area contributed by atoms with Gasteiger partial charge in [0.25, 0.3) is 5.91 Å². The molecule has 4 nitrogen and oxygen atoms in total. The Labute approximate surface area is 151 Å². The Kier molecular flexibility index (Phi) is 6.82. The lowest BCUT2D eigenvalue weighted by Gasteiger charge is -2.16. The molecule has 0 bridgehead atoms. The number of methoxy groups -OCH3 is 1. The van der Waals surface area contributed by atoms with Gasteiger partial charge in [0.2, 0.25) is 0 Å². The Hall–Kier alpha value is -1.85. The molecule has 24 heavy (non-hydrogen) atoms. The van der Waals surface area contributed by atoms with Crippen LogP contribution in [0.15, 0.2) is 46.9 Å². The number of para-hydroxylation sites is 1. The summed E-state index contributed by atoms with van der Waals surface area (Å²) in [4.78, 5) is 13.4. The molecule has 2 aromatic rings. The molecule has 0 radical (unpaired) electrons. The van der Waals surface area contributed by atoms with Crippen LogP contribution >= 0.6 is 15.9 Å². The van der Waals surface area contributed by atoms with Crippen LogP contribution in [0.4, 0.5) is 5.69 Å². The Morgan fingerprint density at radius 1 is 1.21 bits per heavy atom. The summed E-state index contributed by atoms with van der Waals surface area (Å²) < 4.78 is 6.40. The number of rotatable bonds is 7. The summed E-state index contributed by atoms with van der Waals surface area (Å²) in [5.41, 5.74) is 3.13. The van der Waals surface area contributed by atoms with Gasteiger partial charge in [-0.25, -0.2) is 0 Å². The molecule has 1 amide bonds. The van der Waals surface area contributed by atoms with Crippen molar-refractivity contribution in [1.29, 1.82) is 0 Å². The maximum Gasteiger partial charge on any atom is 0.279 e. The van der Waals surface area contributed by atoms with E-state index in [9.17, 15) is 4.79 Å².